The van der Waals surface area contributed by atoms with Gasteiger partial charge in [0.2, 0.25) is 0 Å². The molecule has 0 fully saturated rings. The Morgan fingerprint density at radius 3 is 2.84 bits per heavy atom. The van der Waals surface area contributed by atoms with Gasteiger partial charge in [-0.3, -0.25) is 0 Å². The maximum Gasteiger partial charge on any atom is 0.132 e. The number of benzene rings is 2. The Hall–Kier alpha value is -1.58. The molecular formula is C15H10ClFOS. The third-order valence-corrected chi connectivity index (χ3v) is 4.05. The quantitative estimate of drug-likeness (QED) is 0.639. The first-order valence-corrected chi connectivity index (χ1v) is 7.03. The molecule has 4 heteroatoms. The second-order valence-electron chi connectivity index (χ2n) is 4.12. The highest BCUT2D eigenvalue weighted by Crippen LogP contribution is 2.29. The van der Waals surface area contributed by atoms with E-state index >= 15 is 0 Å². The SMILES string of the molecule is Fc1cccc2scc(COc3cccc(Cl)c3)c12. The van der Waals surface area contributed by atoms with Crippen LogP contribution in [0.5, 0.6) is 5.75 Å². The van der Waals surface area contributed by atoms with Gasteiger partial charge in [0.15, 0.2) is 0 Å². The number of thiophene rings is 1. The molecule has 0 atom stereocenters. The highest BCUT2D eigenvalue weighted by Gasteiger charge is 2.09. The van der Waals surface area contributed by atoms with Crippen LogP contribution < -0.4 is 4.74 Å². The van der Waals surface area contributed by atoms with E-state index in [9.17, 15) is 4.39 Å². The summed E-state index contributed by atoms with van der Waals surface area (Å²) in [5.41, 5.74) is 0.859. The van der Waals surface area contributed by atoms with Crippen molar-refractivity contribution in [1.82, 2.24) is 0 Å². The molecule has 0 N–H and O–H groups in total. The first-order valence-electron chi connectivity index (χ1n) is 5.77. The van der Waals surface area contributed by atoms with Crippen LogP contribution in [0.3, 0.4) is 0 Å². The van der Waals surface area contributed by atoms with E-state index in [0.717, 1.165) is 10.3 Å². The van der Waals surface area contributed by atoms with Crippen LogP contribution in [-0.4, -0.2) is 0 Å². The molecule has 0 unspecified atom stereocenters. The number of rotatable bonds is 3. The van der Waals surface area contributed by atoms with Gasteiger partial charge in [0.1, 0.15) is 18.2 Å². The average Bonchev–Trinajstić information content (AvgIpc) is 2.81. The fourth-order valence-corrected chi connectivity index (χ4v) is 3.07. The number of ether oxygens (including phenoxy) is 1. The minimum absolute atomic E-state index is 0.205. The van der Waals surface area contributed by atoms with Crippen LogP contribution in [0, 0.1) is 5.82 Å². The molecule has 0 saturated carbocycles. The van der Waals surface area contributed by atoms with Gasteiger partial charge >= 0.3 is 0 Å². The van der Waals surface area contributed by atoms with Gasteiger partial charge in [0.05, 0.1) is 0 Å². The van der Waals surface area contributed by atoms with Crippen LogP contribution in [0.1, 0.15) is 5.56 Å². The smallest absolute Gasteiger partial charge is 0.132 e. The maximum atomic E-state index is 13.8. The second kappa shape index (κ2) is 5.19. The molecule has 0 spiro atoms. The van der Waals surface area contributed by atoms with Gasteiger partial charge in [-0.05, 0) is 35.7 Å². The Bertz CT molecular complexity index is 723. The molecule has 0 aliphatic carbocycles. The number of fused-ring (bicyclic) bond motifs is 1. The summed E-state index contributed by atoms with van der Waals surface area (Å²) in [6, 6.07) is 12.3. The van der Waals surface area contributed by atoms with Gasteiger partial charge in [-0.15, -0.1) is 11.3 Å². The minimum Gasteiger partial charge on any atom is -0.489 e. The normalized spacial score (nSPS) is 10.8. The largest absolute Gasteiger partial charge is 0.489 e. The van der Waals surface area contributed by atoms with Crippen LogP contribution in [0.25, 0.3) is 10.1 Å². The molecule has 0 amide bonds. The van der Waals surface area contributed by atoms with Crippen molar-refractivity contribution in [2.24, 2.45) is 0 Å². The summed E-state index contributed by atoms with van der Waals surface area (Å²) in [7, 11) is 0. The Kier molecular flexibility index (Phi) is 3.40. The van der Waals surface area contributed by atoms with Gasteiger partial charge in [-0.1, -0.05) is 23.7 Å². The standard InChI is InChI=1S/C15H10ClFOS/c16-11-3-1-4-12(7-11)18-8-10-9-19-14-6-2-5-13(17)15(10)14/h1-7,9H,8H2. The van der Waals surface area contributed by atoms with Crippen molar-refractivity contribution in [3.05, 3.63) is 64.2 Å². The summed E-state index contributed by atoms with van der Waals surface area (Å²) >= 11 is 7.41. The molecule has 96 valence electrons. The Balaban J connectivity index is 1.86. The Morgan fingerprint density at radius 2 is 2.00 bits per heavy atom. The molecule has 0 aliphatic rings. The van der Waals surface area contributed by atoms with Gasteiger partial charge in [0.25, 0.3) is 0 Å². The van der Waals surface area contributed by atoms with E-state index in [4.69, 9.17) is 16.3 Å². The summed E-state index contributed by atoms with van der Waals surface area (Å²) in [6.07, 6.45) is 0. The van der Waals surface area contributed by atoms with Crippen LogP contribution in [-0.2, 0) is 6.61 Å². The molecule has 1 nitrogen and oxygen atoms in total. The predicted molar refractivity (Wildman–Crippen MR) is 77.6 cm³/mol. The van der Waals surface area contributed by atoms with Gasteiger partial charge in [0, 0.05) is 20.7 Å². The van der Waals surface area contributed by atoms with E-state index in [0.29, 0.717) is 22.8 Å². The van der Waals surface area contributed by atoms with Crippen LogP contribution in [0.4, 0.5) is 4.39 Å². The predicted octanol–water partition coefficient (Wildman–Crippen LogP) is 5.27. The zero-order valence-corrected chi connectivity index (χ0v) is 11.5. The minimum atomic E-state index is -0.205. The zero-order chi connectivity index (χ0) is 13.2. The van der Waals surface area contributed by atoms with Crippen LogP contribution >= 0.6 is 22.9 Å². The summed E-state index contributed by atoms with van der Waals surface area (Å²) in [4.78, 5) is 0. The van der Waals surface area contributed by atoms with Crippen molar-refractivity contribution in [3.63, 3.8) is 0 Å². The van der Waals surface area contributed by atoms with E-state index in [1.54, 1.807) is 18.2 Å². The van der Waals surface area contributed by atoms with Crippen LogP contribution in [0.2, 0.25) is 5.02 Å². The maximum absolute atomic E-state index is 13.8. The first kappa shape index (κ1) is 12.5. The van der Waals surface area contributed by atoms with E-state index in [1.165, 1.54) is 17.4 Å². The third-order valence-electron chi connectivity index (χ3n) is 2.82. The van der Waals surface area contributed by atoms with Gasteiger partial charge < -0.3 is 4.74 Å². The summed E-state index contributed by atoms with van der Waals surface area (Å²) in [5, 5.41) is 3.20. The zero-order valence-electron chi connectivity index (χ0n) is 9.90. The molecule has 0 bridgehead atoms. The number of hydrogen-bond acceptors (Lipinski definition) is 2. The number of halogens is 2. The fraction of sp³-hybridized carbons (Fsp3) is 0.0667. The molecule has 3 rings (SSSR count). The monoisotopic (exact) mass is 292 g/mol. The lowest BCUT2D eigenvalue weighted by molar-refractivity contribution is 0.308. The highest BCUT2D eigenvalue weighted by atomic mass is 35.5. The lowest BCUT2D eigenvalue weighted by atomic mass is 10.2. The lowest BCUT2D eigenvalue weighted by Gasteiger charge is -2.06. The Labute approximate surface area is 119 Å². The molecule has 1 heterocycles. The molecule has 0 aliphatic heterocycles. The van der Waals surface area contributed by atoms with E-state index < -0.39 is 0 Å². The fourth-order valence-electron chi connectivity index (χ4n) is 1.93. The molecular weight excluding hydrogens is 283 g/mol. The van der Waals surface area contributed by atoms with Crippen molar-refractivity contribution >= 4 is 33.0 Å². The molecule has 0 radical (unpaired) electrons. The number of hydrogen-bond donors (Lipinski definition) is 0. The van der Waals surface area contributed by atoms with Crippen molar-refractivity contribution in [1.29, 1.82) is 0 Å². The van der Waals surface area contributed by atoms with Gasteiger partial charge in [-0.2, -0.15) is 0 Å². The Morgan fingerprint density at radius 1 is 1.16 bits per heavy atom. The van der Waals surface area contributed by atoms with Crippen LogP contribution in [0.15, 0.2) is 47.8 Å². The van der Waals surface area contributed by atoms with E-state index in [-0.39, 0.29) is 5.82 Å². The van der Waals surface area contributed by atoms with E-state index in [2.05, 4.69) is 0 Å². The summed E-state index contributed by atoms with van der Waals surface area (Å²) in [5.74, 6) is 0.478. The highest BCUT2D eigenvalue weighted by molar-refractivity contribution is 7.17. The van der Waals surface area contributed by atoms with Crippen molar-refractivity contribution in [2.45, 2.75) is 6.61 Å². The molecule has 3 aromatic rings. The third kappa shape index (κ3) is 2.57. The lowest BCUT2D eigenvalue weighted by Crippen LogP contribution is -1.95. The first-order chi connectivity index (χ1) is 9.24. The molecule has 1 aromatic heterocycles. The van der Waals surface area contributed by atoms with E-state index in [1.807, 2.05) is 23.6 Å². The summed E-state index contributed by atoms with van der Waals surface area (Å²) in [6.45, 7) is 0.335. The average molecular weight is 293 g/mol. The topological polar surface area (TPSA) is 9.23 Å². The molecule has 0 saturated heterocycles. The van der Waals surface area contributed by atoms with Crippen molar-refractivity contribution in [3.8, 4) is 5.75 Å². The summed E-state index contributed by atoms with van der Waals surface area (Å²) < 4.78 is 20.4. The molecule has 19 heavy (non-hydrogen) atoms. The van der Waals surface area contributed by atoms with Crippen molar-refractivity contribution < 1.29 is 9.13 Å². The molecule has 2 aromatic carbocycles. The van der Waals surface area contributed by atoms with Gasteiger partial charge in [-0.25, -0.2) is 4.39 Å². The second-order valence-corrected chi connectivity index (χ2v) is 5.47. The van der Waals surface area contributed by atoms with Crippen molar-refractivity contribution in [2.75, 3.05) is 0 Å².